The topological polar surface area (TPSA) is 17.8 Å². The molecule has 1 aromatic rings. The molecule has 0 saturated heterocycles. The Kier molecular flexibility index (Phi) is 1.51. The Morgan fingerprint density at radius 3 is 2.75 bits per heavy atom. The van der Waals surface area contributed by atoms with Crippen molar-refractivity contribution >= 4 is 21.2 Å². The van der Waals surface area contributed by atoms with Crippen LogP contribution in [0.1, 0.15) is 26.5 Å². The molecule has 0 radical (unpaired) electrons. The normalized spacial score (nSPS) is 17.2. The molecule has 2 nitrogen and oxygen atoms in total. The summed E-state index contributed by atoms with van der Waals surface area (Å²) in [5.41, 5.74) is 4.99. The summed E-state index contributed by atoms with van der Waals surface area (Å²) in [4.78, 5) is 4.62. The standard InChI is InChI=1S/C9H14N2Si/c1-9(2,3)7-6-11-4-5-12-8(11)10-7/h4-6H,12H2,1-3H3. The summed E-state index contributed by atoms with van der Waals surface area (Å²) >= 11 is 0. The number of fused-ring (bicyclic) bond motifs is 1. The Balaban J connectivity index is 2.43. The van der Waals surface area contributed by atoms with E-state index in [1.807, 2.05) is 0 Å². The van der Waals surface area contributed by atoms with Crippen molar-refractivity contribution < 1.29 is 0 Å². The first-order valence-electron chi connectivity index (χ1n) is 4.32. The largest absolute Gasteiger partial charge is 0.315 e. The number of hydrogen-bond donors (Lipinski definition) is 0. The van der Waals surface area contributed by atoms with Gasteiger partial charge in [-0.05, 0) is 0 Å². The molecule has 1 aromatic heterocycles. The van der Waals surface area contributed by atoms with E-state index in [1.165, 1.54) is 11.1 Å². The molecule has 0 unspecified atom stereocenters. The van der Waals surface area contributed by atoms with Crippen molar-refractivity contribution in [2.45, 2.75) is 26.2 Å². The lowest BCUT2D eigenvalue weighted by atomic mass is 9.93. The lowest BCUT2D eigenvalue weighted by Crippen LogP contribution is -2.19. The summed E-state index contributed by atoms with van der Waals surface area (Å²) < 4.78 is 2.17. The van der Waals surface area contributed by atoms with Gasteiger partial charge < -0.3 is 4.57 Å². The zero-order valence-corrected chi connectivity index (χ0v) is 9.25. The van der Waals surface area contributed by atoms with Crippen LogP contribution in [0.25, 0.3) is 6.20 Å². The summed E-state index contributed by atoms with van der Waals surface area (Å²) in [6.07, 6.45) is 4.30. The van der Waals surface area contributed by atoms with Crippen molar-refractivity contribution in [2.75, 3.05) is 0 Å². The maximum absolute atomic E-state index is 4.62. The third-order valence-electron chi connectivity index (χ3n) is 2.14. The number of aromatic nitrogens is 2. The van der Waals surface area contributed by atoms with E-state index in [0.717, 1.165) is 0 Å². The molecule has 3 heteroatoms. The Hall–Kier alpha value is -0.833. The third-order valence-corrected chi connectivity index (χ3v) is 3.48. The summed E-state index contributed by atoms with van der Waals surface area (Å²) in [7, 11) is -0.174. The van der Waals surface area contributed by atoms with Crippen LogP contribution in [0.15, 0.2) is 11.9 Å². The summed E-state index contributed by atoms with van der Waals surface area (Å²) in [6, 6.07) is 0. The van der Waals surface area contributed by atoms with Crippen molar-refractivity contribution in [3.8, 4) is 0 Å². The van der Waals surface area contributed by atoms with E-state index in [2.05, 4.69) is 48.4 Å². The molecule has 2 heterocycles. The number of imidazole rings is 1. The highest BCUT2D eigenvalue weighted by molar-refractivity contribution is 6.59. The van der Waals surface area contributed by atoms with Crippen molar-refractivity contribution in [1.82, 2.24) is 9.55 Å². The second kappa shape index (κ2) is 2.33. The van der Waals surface area contributed by atoms with Crippen LogP contribution in [-0.2, 0) is 5.41 Å². The molecule has 64 valence electrons. The molecule has 0 spiro atoms. The molecule has 2 rings (SSSR count). The van der Waals surface area contributed by atoms with Crippen LogP contribution in [0.3, 0.4) is 0 Å². The Bertz CT molecular complexity index is 331. The molecule has 0 saturated carbocycles. The fourth-order valence-corrected chi connectivity index (χ4v) is 2.56. The van der Waals surface area contributed by atoms with Crippen LogP contribution in [0, 0.1) is 0 Å². The molecule has 0 N–H and O–H groups in total. The zero-order chi connectivity index (χ0) is 8.77. The molecule has 0 aliphatic carbocycles. The van der Waals surface area contributed by atoms with Crippen LogP contribution in [0.2, 0.25) is 0 Å². The number of nitrogens with zero attached hydrogens (tertiary/aromatic N) is 2. The fraction of sp³-hybridized carbons (Fsp3) is 0.444. The van der Waals surface area contributed by atoms with Crippen LogP contribution in [0.5, 0.6) is 0 Å². The second-order valence-electron chi connectivity index (χ2n) is 4.29. The van der Waals surface area contributed by atoms with Gasteiger partial charge in [-0.25, -0.2) is 4.98 Å². The van der Waals surface area contributed by atoms with Gasteiger partial charge in [0.1, 0.15) is 9.52 Å². The van der Waals surface area contributed by atoms with E-state index >= 15 is 0 Å². The number of rotatable bonds is 0. The minimum atomic E-state index is -0.174. The summed E-state index contributed by atoms with van der Waals surface area (Å²) in [5.74, 6) is 0. The van der Waals surface area contributed by atoms with E-state index in [9.17, 15) is 0 Å². The van der Waals surface area contributed by atoms with E-state index in [-0.39, 0.29) is 14.9 Å². The highest BCUT2D eigenvalue weighted by Crippen LogP contribution is 2.19. The average Bonchev–Trinajstić information content (AvgIpc) is 2.37. The molecule has 0 aromatic carbocycles. The van der Waals surface area contributed by atoms with Gasteiger partial charge in [-0.2, -0.15) is 0 Å². The molecule has 1 aliphatic rings. The number of hydrogen-bond acceptors (Lipinski definition) is 1. The van der Waals surface area contributed by atoms with Gasteiger partial charge in [-0.3, -0.25) is 0 Å². The van der Waals surface area contributed by atoms with E-state index in [0.29, 0.717) is 0 Å². The van der Waals surface area contributed by atoms with E-state index < -0.39 is 0 Å². The Morgan fingerprint density at radius 2 is 2.17 bits per heavy atom. The zero-order valence-electron chi connectivity index (χ0n) is 7.83. The van der Waals surface area contributed by atoms with E-state index in [4.69, 9.17) is 0 Å². The Morgan fingerprint density at radius 1 is 1.42 bits per heavy atom. The highest BCUT2D eigenvalue weighted by Gasteiger charge is 2.19. The Labute approximate surface area is 75.1 Å². The molecule has 12 heavy (non-hydrogen) atoms. The molecular weight excluding hydrogens is 164 g/mol. The molecular formula is C9H14N2Si. The minimum absolute atomic E-state index is 0.174. The molecule has 0 bridgehead atoms. The first-order valence-corrected chi connectivity index (χ1v) is 5.84. The van der Waals surface area contributed by atoms with Gasteiger partial charge in [0.25, 0.3) is 0 Å². The predicted molar refractivity (Wildman–Crippen MR) is 54.4 cm³/mol. The fourth-order valence-electron chi connectivity index (χ4n) is 1.35. The van der Waals surface area contributed by atoms with Crippen LogP contribution >= 0.6 is 0 Å². The summed E-state index contributed by atoms with van der Waals surface area (Å²) in [5, 5.41) is 0. The van der Waals surface area contributed by atoms with Gasteiger partial charge in [0.15, 0.2) is 0 Å². The van der Waals surface area contributed by atoms with Crippen molar-refractivity contribution in [2.24, 2.45) is 0 Å². The van der Waals surface area contributed by atoms with Gasteiger partial charge in [-0.1, -0.05) is 26.5 Å². The average molecular weight is 178 g/mol. The van der Waals surface area contributed by atoms with Crippen LogP contribution in [0.4, 0.5) is 0 Å². The van der Waals surface area contributed by atoms with Crippen LogP contribution in [-0.4, -0.2) is 19.1 Å². The van der Waals surface area contributed by atoms with Crippen molar-refractivity contribution in [3.63, 3.8) is 0 Å². The van der Waals surface area contributed by atoms with Crippen LogP contribution < -0.4 is 5.45 Å². The van der Waals surface area contributed by atoms with E-state index in [1.54, 1.807) is 0 Å². The molecule has 0 amide bonds. The quantitative estimate of drug-likeness (QED) is 0.526. The predicted octanol–water partition coefficient (Wildman–Crippen LogP) is 0.416. The monoisotopic (exact) mass is 178 g/mol. The lowest BCUT2D eigenvalue weighted by Gasteiger charge is -2.14. The maximum atomic E-state index is 4.62. The first kappa shape index (κ1) is 7.80. The van der Waals surface area contributed by atoms with Crippen molar-refractivity contribution in [1.29, 1.82) is 0 Å². The van der Waals surface area contributed by atoms with Gasteiger partial charge >= 0.3 is 0 Å². The highest BCUT2D eigenvalue weighted by atomic mass is 28.2. The van der Waals surface area contributed by atoms with Gasteiger partial charge in [0, 0.05) is 17.8 Å². The maximum Gasteiger partial charge on any atom is 0.125 e. The van der Waals surface area contributed by atoms with Crippen molar-refractivity contribution in [3.05, 3.63) is 17.6 Å². The van der Waals surface area contributed by atoms with Gasteiger partial charge in [0.2, 0.25) is 0 Å². The minimum Gasteiger partial charge on any atom is -0.315 e. The first-order chi connectivity index (χ1) is 5.57. The molecule has 0 fully saturated rings. The second-order valence-corrected chi connectivity index (χ2v) is 5.80. The SMILES string of the molecule is CC(C)(C)c1cn2c(n1)[SiH2]C=C2. The smallest absolute Gasteiger partial charge is 0.125 e. The van der Waals surface area contributed by atoms with Gasteiger partial charge in [-0.15, -0.1) is 0 Å². The molecule has 0 atom stereocenters. The third kappa shape index (κ3) is 1.14. The molecule has 1 aliphatic heterocycles. The lowest BCUT2D eigenvalue weighted by molar-refractivity contribution is 0.573. The summed E-state index contributed by atoms with van der Waals surface area (Å²) in [6.45, 7) is 6.61. The van der Waals surface area contributed by atoms with Gasteiger partial charge in [0.05, 0.1) is 11.1 Å².